The first-order chi connectivity index (χ1) is 12.1. The fourth-order valence-electron chi connectivity index (χ4n) is 2.97. The zero-order valence-corrected chi connectivity index (χ0v) is 14.6. The van der Waals surface area contributed by atoms with E-state index in [4.69, 9.17) is 4.98 Å². The van der Waals surface area contributed by atoms with Crippen molar-refractivity contribution in [1.29, 1.82) is 0 Å². The number of aromatic nitrogens is 6. The van der Waals surface area contributed by atoms with Crippen LogP contribution >= 0.6 is 0 Å². The maximum Gasteiger partial charge on any atom is 0.158 e. The monoisotopic (exact) mass is 332 g/mol. The maximum absolute atomic E-state index is 4.74. The Morgan fingerprint density at radius 3 is 2.68 bits per heavy atom. The maximum atomic E-state index is 4.74. The normalized spacial score (nSPS) is 11.3. The highest BCUT2D eigenvalue weighted by Gasteiger charge is 2.11. The lowest BCUT2D eigenvalue weighted by Crippen LogP contribution is -2.01. The first kappa shape index (κ1) is 15.5. The molecule has 0 aliphatic heterocycles. The van der Waals surface area contributed by atoms with E-state index in [1.165, 1.54) is 0 Å². The van der Waals surface area contributed by atoms with Crippen LogP contribution in [0, 0.1) is 13.8 Å². The molecule has 0 atom stereocenters. The van der Waals surface area contributed by atoms with Crippen molar-refractivity contribution < 1.29 is 0 Å². The van der Waals surface area contributed by atoms with Crippen molar-refractivity contribution in [3.63, 3.8) is 0 Å². The van der Waals surface area contributed by atoms with Gasteiger partial charge in [-0.15, -0.1) is 0 Å². The van der Waals surface area contributed by atoms with E-state index in [9.17, 15) is 0 Å². The van der Waals surface area contributed by atoms with Gasteiger partial charge in [-0.25, -0.2) is 14.5 Å². The molecular weight excluding hydrogens is 312 g/mol. The summed E-state index contributed by atoms with van der Waals surface area (Å²) in [6, 6.07) is 8.10. The van der Waals surface area contributed by atoms with E-state index in [-0.39, 0.29) is 0 Å². The molecule has 0 fully saturated rings. The van der Waals surface area contributed by atoms with Crippen LogP contribution < -0.4 is 0 Å². The first-order valence-electron chi connectivity index (χ1n) is 8.36. The molecule has 4 rings (SSSR count). The Balaban J connectivity index is 1.57. The summed E-state index contributed by atoms with van der Waals surface area (Å²) in [7, 11) is 2.02. The van der Waals surface area contributed by atoms with Crippen LogP contribution in [0.25, 0.3) is 16.9 Å². The number of rotatable bonds is 4. The van der Waals surface area contributed by atoms with Gasteiger partial charge in [-0.1, -0.05) is 6.07 Å². The molecule has 0 N–H and O–H groups in total. The third-order valence-electron chi connectivity index (χ3n) is 4.41. The Morgan fingerprint density at radius 1 is 1.04 bits per heavy atom. The Kier molecular flexibility index (Phi) is 3.80. The topological polar surface area (TPSA) is 60.9 Å². The summed E-state index contributed by atoms with van der Waals surface area (Å²) in [6.07, 6.45) is 7.20. The molecule has 25 heavy (non-hydrogen) atoms. The predicted molar refractivity (Wildman–Crippen MR) is 96.3 cm³/mol. The average Bonchev–Trinajstić information content (AvgIpc) is 3.22. The minimum absolute atomic E-state index is 0.762. The molecule has 0 spiro atoms. The van der Waals surface area contributed by atoms with Gasteiger partial charge in [-0.3, -0.25) is 4.98 Å². The number of pyridine rings is 2. The molecule has 126 valence electrons. The SMILES string of the molecule is Cc1ccc(C)n2nc(CCc3nc(-c4cccnc4)cn3C)nc12. The van der Waals surface area contributed by atoms with Gasteiger partial charge in [0.05, 0.1) is 5.69 Å². The molecule has 0 radical (unpaired) electrons. The lowest BCUT2D eigenvalue weighted by atomic mass is 10.2. The third-order valence-corrected chi connectivity index (χ3v) is 4.41. The van der Waals surface area contributed by atoms with E-state index in [1.807, 2.05) is 43.0 Å². The van der Waals surface area contributed by atoms with Gasteiger partial charge in [0.2, 0.25) is 0 Å². The van der Waals surface area contributed by atoms with Crippen molar-refractivity contribution >= 4 is 5.65 Å². The van der Waals surface area contributed by atoms with Crippen LogP contribution in [0.3, 0.4) is 0 Å². The Morgan fingerprint density at radius 2 is 1.92 bits per heavy atom. The van der Waals surface area contributed by atoms with Crippen LogP contribution in [0.15, 0.2) is 42.9 Å². The summed E-state index contributed by atoms with van der Waals surface area (Å²) in [6.45, 7) is 4.11. The number of nitrogens with zero attached hydrogens (tertiary/aromatic N) is 6. The number of fused-ring (bicyclic) bond motifs is 1. The number of hydrogen-bond donors (Lipinski definition) is 0. The minimum Gasteiger partial charge on any atom is -0.337 e. The quantitative estimate of drug-likeness (QED) is 0.576. The largest absolute Gasteiger partial charge is 0.337 e. The molecule has 0 aromatic carbocycles. The third kappa shape index (κ3) is 2.91. The summed E-state index contributed by atoms with van der Waals surface area (Å²) < 4.78 is 3.98. The van der Waals surface area contributed by atoms with E-state index in [0.29, 0.717) is 0 Å². The Bertz CT molecular complexity index is 990. The van der Waals surface area contributed by atoms with Crippen LogP contribution in [-0.4, -0.2) is 29.1 Å². The molecule has 0 unspecified atom stereocenters. The Labute approximate surface area is 146 Å². The zero-order chi connectivity index (χ0) is 17.4. The molecule has 4 heterocycles. The fourth-order valence-corrected chi connectivity index (χ4v) is 2.97. The molecule has 6 heteroatoms. The lowest BCUT2D eigenvalue weighted by Gasteiger charge is -1.99. The molecule has 6 nitrogen and oxygen atoms in total. The van der Waals surface area contributed by atoms with Gasteiger partial charge in [0.1, 0.15) is 5.82 Å². The molecule has 4 aromatic heterocycles. The van der Waals surface area contributed by atoms with E-state index in [0.717, 1.165) is 52.7 Å². The number of aryl methyl sites for hydroxylation is 5. The van der Waals surface area contributed by atoms with E-state index in [1.54, 1.807) is 6.20 Å². The van der Waals surface area contributed by atoms with Crippen molar-refractivity contribution in [3.8, 4) is 11.3 Å². The van der Waals surface area contributed by atoms with Gasteiger partial charge >= 0.3 is 0 Å². The van der Waals surface area contributed by atoms with Gasteiger partial charge < -0.3 is 4.57 Å². The average molecular weight is 332 g/mol. The summed E-state index contributed by atoms with van der Waals surface area (Å²) in [5.74, 6) is 1.87. The summed E-state index contributed by atoms with van der Waals surface area (Å²) >= 11 is 0. The molecule has 0 saturated carbocycles. The second kappa shape index (κ2) is 6.12. The van der Waals surface area contributed by atoms with Gasteiger partial charge in [-0.05, 0) is 37.6 Å². The standard InChI is InChI=1S/C19H20N6/c1-13-6-7-14(2)25-19(13)22-17(23-25)8-9-18-21-16(12-24(18)3)15-5-4-10-20-11-15/h4-7,10-12H,8-9H2,1-3H3. The van der Waals surface area contributed by atoms with Crippen LogP contribution in [0.2, 0.25) is 0 Å². The van der Waals surface area contributed by atoms with Crippen molar-refractivity contribution in [3.05, 3.63) is 65.8 Å². The molecule has 0 bridgehead atoms. The van der Waals surface area contributed by atoms with E-state index >= 15 is 0 Å². The molecule has 0 saturated heterocycles. The van der Waals surface area contributed by atoms with E-state index in [2.05, 4.69) is 38.7 Å². The smallest absolute Gasteiger partial charge is 0.158 e. The van der Waals surface area contributed by atoms with Crippen molar-refractivity contribution in [2.24, 2.45) is 7.05 Å². The van der Waals surface area contributed by atoms with E-state index < -0.39 is 0 Å². The zero-order valence-electron chi connectivity index (χ0n) is 14.6. The fraction of sp³-hybridized carbons (Fsp3) is 0.263. The predicted octanol–water partition coefficient (Wildman–Crippen LogP) is 2.93. The molecular formula is C19H20N6. The molecule has 4 aromatic rings. The minimum atomic E-state index is 0.762. The van der Waals surface area contributed by atoms with Crippen molar-refractivity contribution in [2.75, 3.05) is 0 Å². The lowest BCUT2D eigenvalue weighted by molar-refractivity contribution is 0.743. The highest BCUT2D eigenvalue weighted by atomic mass is 15.3. The van der Waals surface area contributed by atoms with Crippen molar-refractivity contribution in [1.82, 2.24) is 29.1 Å². The first-order valence-corrected chi connectivity index (χ1v) is 8.36. The van der Waals surface area contributed by atoms with Gasteiger partial charge in [0.15, 0.2) is 11.5 Å². The highest BCUT2D eigenvalue weighted by Crippen LogP contribution is 2.18. The van der Waals surface area contributed by atoms with Crippen LogP contribution in [0.4, 0.5) is 0 Å². The second-order valence-corrected chi connectivity index (χ2v) is 6.32. The van der Waals surface area contributed by atoms with Crippen molar-refractivity contribution in [2.45, 2.75) is 26.7 Å². The van der Waals surface area contributed by atoms with Crippen LogP contribution in [-0.2, 0) is 19.9 Å². The Hall–Kier alpha value is -3.02. The number of hydrogen-bond acceptors (Lipinski definition) is 4. The highest BCUT2D eigenvalue weighted by molar-refractivity contribution is 5.57. The van der Waals surface area contributed by atoms with Gasteiger partial charge in [0, 0.05) is 49.7 Å². The van der Waals surface area contributed by atoms with Crippen LogP contribution in [0.5, 0.6) is 0 Å². The molecule has 0 amide bonds. The molecule has 0 aliphatic rings. The molecule has 0 aliphatic carbocycles. The van der Waals surface area contributed by atoms with Gasteiger partial charge in [0.25, 0.3) is 0 Å². The summed E-state index contributed by atoms with van der Waals surface area (Å²) in [4.78, 5) is 13.6. The summed E-state index contributed by atoms with van der Waals surface area (Å²) in [5, 5.41) is 4.64. The van der Waals surface area contributed by atoms with Gasteiger partial charge in [-0.2, -0.15) is 5.10 Å². The second-order valence-electron chi connectivity index (χ2n) is 6.32. The number of imidazole rings is 1. The summed E-state index contributed by atoms with van der Waals surface area (Å²) in [5.41, 5.74) is 5.14. The van der Waals surface area contributed by atoms with Crippen LogP contribution in [0.1, 0.15) is 22.9 Å².